The Morgan fingerprint density at radius 2 is 1.45 bits per heavy atom. The predicted octanol–water partition coefficient (Wildman–Crippen LogP) is 8.51. The van der Waals surface area contributed by atoms with E-state index < -0.39 is 20.3 Å². The molecular weight excluding hydrogens is 633 g/mol. The van der Waals surface area contributed by atoms with Crippen molar-refractivity contribution >= 4 is 71.1 Å². The maximum atomic E-state index is 13.0. The number of amides is 3. The highest BCUT2D eigenvalue weighted by molar-refractivity contribution is 6.99. The fourth-order valence-corrected chi connectivity index (χ4v) is 10.6. The van der Waals surface area contributed by atoms with Gasteiger partial charge < -0.3 is 9.74 Å². The largest absolute Gasteiger partial charge is 0.403 e. The predicted molar refractivity (Wildman–Crippen MR) is 183 cm³/mol. The number of nitrogens with zero attached hydrogens (tertiary/aromatic N) is 1. The van der Waals surface area contributed by atoms with Crippen LogP contribution in [0.4, 0.5) is 10.5 Å². The van der Waals surface area contributed by atoms with Gasteiger partial charge in [0.1, 0.15) is 10.3 Å². The third kappa shape index (κ3) is 7.19. The minimum absolute atomic E-state index is 0.0334. The van der Waals surface area contributed by atoms with Gasteiger partial charge in [-0.3, -0.25) is 10.1 Å². The normalized spacial score (nSPS) is 11.9. The van der Waals surface area contributed by atoms with Crippen molar-refractivity contribution in [2.45, 2.75) is 59.1 Å². The summed E-state index contributed by atoms with van der Waals surface area (Å²) in [6.45, 7) is 13.2. The van der Waals surface area contributed by atoms with Gasteiger partial charge in [0.25, 0.3) is 14.2 Å². The minimum Gasteiger partial charge on any atom is -0.403 e. The van der Waals surface area contributed by atoms with Crippen molar-refractivity contribution in [3.63, 3.8) is 0 Å². The quantitative estimate of drug-likeness (QED) is 0.146. The van der Waals surface area contributed by atoms with Crippen LogP contribution in [0.3, 0.4) is 0 Å². The van der Waals surface area contributed by atoms with Gasteiger partial charge in [-0.05, 0) is 51.0 Å². The van der Waals surface area contributed by atoms with Gasteiger partial charge in [-0.2, -0.15) is 0 Å². The average molecular weight is 669 g/mol. The summed E-state index contributed by atoms with van der Waals surface area (Å²) in [5, 5.41) is 7.27. The number of carbonyl (C=O) groups is 2. The van der Waals surface area contributed by atoms with E-state index in [1.165, 1.54) is 16.4 Å². The van der Waals surface area contributed by atoms with E-state index in [1.807, 2.05) is 25.1 Å². The van der Waals surface area contributed by atoms with Crippen molar-refractivity contribution in [1.82, 2.24) is 10.3 Å². The van der Waals surface area contributed by atoms with Crippen LogP contribution in [0.2, 0.25) is 20.4 Å². The molecule has 3 aromatic carbocycles. The summed E-state index contributed by atoms with van der Waals surface area (Å²) in [5.74, 6) is -0.682. The van der Waals surface area contributed by atoms with Gasteiger partial charge in [0.05, 0.1) is 17.2 Å². The van der Waals surface area contributed by atoms with Crippen LogP contribution < -0.4 is 21.0 Å². The first kappa shape index (κ1) is 33.7. The summed E-state index contributed by atoms with van der Waals surface area (Å²) >= 11 is 17.9. The fourth-order valence-electron chi connectivity index (χ4n) is 5.47. The number of urea groups is 1. The molecule has 1 aromatic heterocycles. The first-order chi connectivity index (χ1) is 20.7. The lowest BCUT2D eigenvalue weighted by molar-refractivity contribution is 0.0967. The molecule has 2 N–H and O–H groups in total. The lowest BCUT2D eigenvalue weighted by Gasteiger charge is -2.43. The van der Waals surface area contributed by atoms with Gasteiger partial charge in [0, 0.05) is 5.69 Å². The molecule has 0 spiro atoms. The van der Waals surface area contributed by atoms with E-state index in [0.717, 1.165) is 16.7 Å². The molecule has 4 aromatic rings. The molecule has 0 aliphatic heterocycles. The highest BCUT2D eigenvalue weighted by atomic mass is 35.5. The molecule has 0 saturated heterocycles. The van der Waals surface area contributed by atoms with E-state index in [2.05, 4.69) is 105 Å². The van der Waals surface area contributed by atoms with Gasteiger partial charge in [-0.1, -0.05) is 142 Å². The molecule has 0 fully saturated rings. The zero-order chi connectivity index (χ0) is 32.2. The van der Waals surface area contributed by atoms with Crippen LogP contribution in [0.1, 0.15) is 67.6 Å². The average Bonchev–Trinajstić information content (AvgIpc) is 2.96. The highest BCUT2D eigenvalue weighted by Gasteiger charge is 2.50. The Kier molecular flexibility index (Phi) is 10.6. The van der Waals surface area contributed by atoms with Crippen LogP contribution in [-0.2, 0) is 11.0 Å². The third-order valence-corrected chi connectivity index (χ3v) is 13.5. The second kappa shape index (κ2) is 13.8. The van der Waals surface area contributed by atoms with Gasteiger partial charge in [0.15, 0.2) is 0 Å². The number of anilines is 1. The summed E-state index contributed by atoms with van der Waals surface area (Å²) in [6, 6.07) is 25.6. The molecule has 0 aliphatic rings. The maximum Gasteiger partial charge on any atom is 0.326 e. The van der Waals surface area contributed by atoms with Crippen LogP contribution in [0, 0.1) is 6.92 Å². The van der Waals surface area contributed by atoms with Gasteiger partial charge in [0.2, 0.25) is 0 Å². The molecule has 0 saturated carbocycles. The number of nitrogens with one attached hydrogen (secondary N) is 2. The monoisotopic (exact) mass is 667 g/mol. The second-order valence-corrected chi connectivity index (χ2v) is 17.4. The molecule has 0 unspecified atom stereocenters. The first-order valence-electron chi connectivity index (χ1n) is 14.3. The smallest absolute Gasteiger partial charge is 0.326 e. The molecule has 0 aliphatic carbocycles. The van der Waals surface area contributed by atoms with Crippen LogP contribution >= 0.6 is 34.8 Å². The molecule has 230 valence electrons. The number of hydrogen-bond donors (Lipinski definition) is 2. The van der Waals surface area contributed by atoms with E-state index in [-0.39, 0.29) is 31.8 Å². The standard InChI is InChI=1S/C34H36Cl3N3O3Si/c1-21(2)26-18-23(17-22(3)29(26)38-33(42)40-32(41)27-19-28(35)31(37)39-30(27)36)20-43-44(34(4,5)6,24-13-9-7-10-14-24)25-15-11-8-12-16-25/h7-19,21H,20H2,1-6H3,(H2,38,40,41,42). The van der Waals surface area contributed by atoms with Gasteiger partial charge in [-0.15, -0.1) is 0 Å². The van der Waals surface area contributed by atoms with E-state index in [4.69, 9.17) is 39.2 Å². The molecule has 3 amide bonds. The number of pyridine rings is 1. The highest BCUT2D eigenvalue weighted by Crippen LogP contribution is 2.38. The Morgan fingerprint density at radius 1 is 0.886 bits per heavy atom. The zero-order valence-corrected chi connectivity index (χ0v) is 28.9. The van der Waals surface area contributed by atoms with Crippen LogP contribution in [0.25, 0.3) is 0 Å². The summed E-state index contributed by atoms with van der Waals surface area (Å²) in [6.07, 6.45) is 0. The molecule has 1 heterocycles. The summed E-state index contributed by atoms with van der Waals surface area (Å²) < 4.78 is 7.15. The maximum absolute atomic E-state index is 13.0. The lowest BCUT2D eigenvalue weighted by Crippen LogP contribution is -2.66. The van der Waals surface area contributed by atoms with E-state index in [9.17, 15) is 9.59 Å². The zero-order valence-electron chi connectivity index (χ0n) is 25.6. The Morgan fingerprint density at radius 3 is 1.98 bits per heavy atom. The van der Waals surface area contributed by atoms with Crippen molar-refractivity contribution in [2.24, 2.45) is 0 Å². The molecule has 44 heavy (non-hydrogen) atoms. The Hall–Kier alpha value is -3.20. The number of hydrogen-bond acceptors (Lipinski definition) is 4. The van der Waals surface area contributed by atoms with E-state index in [0.29, 0.717) is 12.3 Å². The topological polar surface area (TPSA) is 80.3 Å². The molecule has 4 rings (SSSR count). The van der Waals surface area contributed by atoms with E-state index >= 15 is 0 Å². The molecule has 0 bridgehead atoms. The fraction of sp³-hybridized carbons (Fsp3) is 0.265. The number of imide groups is 1. The third-order valence-electron chi connectivity index (χ3n) is 7.52. The lowest BCUT2D eigenvalue weighted by atomic mass is 9.95. The molecule has 0 radical (unpaired) electrons. The molecular formula is C34H36Cl3N3O3Si. The first-order valence-corrected chi connectivity index (χ1v) is 17.3. The minimum atomic E-state index is -2.75. The summed E-state index contributed by atoms with van der Waals surface area (Å²) in [7, 11) is -2.75. The van der Waals surface area contributed by atoms with Crippen LogP contribution in [0.5, 0.6) is 0 Å². The SMILES string of the molecule is Cc1cc(CO[Si](c2ccccc2)(c2ccccc2)C(C)(C)C)cc(C(C)C)c1NC(=O)NC(=O)c1cc(Cl)c(Cl)nc1Cl. The van der Waals surface area contributed by atoms with Crippen molar-refractivity contribution in [2.75, 3.05) is 5.32 Å². The second-order valence-electron chi connectivity index (χ2n) is 12.0. The van der Waals surface area contributed by atoms with E-state index in [1.54, 1.807) is 0 Å². The van der Waals surface area contributed by atoms with Crippen LogP contribution in [0.15, 0.2) is 78.9 Å². The van der Waals surface area contributed by atoms with Crippen molar-refractivity contribution in [1.29, 1.82) is 0 Å². The van der Waals surface area contributed by atoms with Crippen molar-refractivity contribution in [3.8, 4) is 0 Å². The Labute approximate surface area is 275 Å². The Bertz CT molecular complexity index is 1620. The van der Waals surface area contributed by atoms with Gasteiger partial charge in [-0.25, -0.2) is 9.78 Å². The molecule has 6 nitrogen and oxygen atoms in total. The number of rotatable bonds is 8. The summed E-state index contributed by atoms with van der Waals surface area (Å²) in [5.41, 5.74) is 3.32. The number of carbonyl (C=O) groups excluding carboxylic acids is 2. The number of benzene rings is 3. The number of aromatic nitrogens is 1. The van der Waals surface area contributed by atoms with Gasteiger partial charge >= 0.3 is 6.03 Å². The molecule has 10 heteroatoms. The summed E-state index contributed by atoms with van der Waals surface area (Å²) in [4.78, 5) is 29.6. The number of aryl methyl sites for hydroxylation is 1. The Balaban J connectivity index is 1.63. The number of halogens is 3. The van der Waals surface area contributed by atoms with Crippen LogP contribution in [-0.4, -0.2) is 25.2 Å². The van der Waals surface area contributed by atoms with Crippen molar-refractivity contribution in [3.05, 3.63) is 116 Å². The molecule has 0 atom stereocenters. The van der Waals surface area contributed by atoms with Crippen molar-refractivity contribution < 1.29 is 14.0 Å².